The van der Waals surface area contributed by atoms with Crippen LogP contribution in [0.4, 0.5) is 0 Å². The van der Waals surface area contributed by atoms with Gasteiger partial charge in [-0.05, 0) is 48.2 Å². The third-order valence-corrected chi connectivity index (χ3v) is 5.04. The summed E-state index contributed by atoms with van der Waals surface area (Å²) in [5.74, 6) is 0.430. The molecule has 0 saturated heterocycles. The Hall–Kier alpha value is -2.60. The van der Waals surface area contributed by atoms with Gasteiger partial charge in [-0.3, -0.25) is 9.78 Å². The number of fused-ring (bicyclic) bond motifs is 1. The lowest BCUT2D eigenvalue weighted by Crippen LogP contribution is -2.52. The number of pyridine rings is 1. The van der Waals surface area contributed by atoms with Gasteiger partial charge in [-0.15, -0.1) is 24.8 Å². The van der Waals surface area contributed by atoms with Crippen LogP contribution in [-0.4, -0.2) is 21.6 Å². The van der Waals surface area contributed by atoms with Crippen molar-refractivity contribution in [2.24, 2.45) is 5.73 Å². The third kappa shape index (κ3) is 4.70. The zero-order chi connectivity index (χ0) is 18.9. The first-order valence-corrected chi connectivity index (χ1v) is 8.86. The van der Waals surface area contributed by atoms with Gasteiger partial charge in [-0.2, -0.15) is 0 Å². The zero-order valence-corrected chi connectivity index (χ0v) is 17.2. The molecule has 1 heterocycles. The van der Waals surface area contributed by atoms with Gasteiger partial charge in [0, 0.05) is 29.9 Å². The predicted octanol–water partition coefficient (Wildman–Crippen LogP) is 4.66. The number of hydrogen-bond acceptors (Lipinski definition) is 4. The molecule has 7 heteroatoms. The lowest BCUT2D eigenvalue weighted by atomic mass is 9.78. The highest BCUT2D eigenvalue weighted by Gasteiger charge is 2.37. The molecule has 0 spiro atoms. The number of aliphatic carboxylic acids is 1. The largest absolute Gasteiger partial charge is 0.480 e. The van der Waals surface area contributed by atoms with E-state index in [0.717, 1.165) is 28.0 Å². The quantitative estimate of drug-likeness (QED) is 0.626. The summed E-state index contributed by atoms with van der Waals surface area (Å²) in [7, 11) is 0. The van der Waals surface area contributed by atoms with E-state index in [4.69, 9.17) is 10.5 Å². The summed E-state index contributed by atoms with van der Waals surface area (Å²) in [6, 6.07) is 17.5. The SMILES string of the molecule is Cl.Cl.NC1(C(=O)O)CCc2ccc(Oc3ccccc3-c3cccnc3)cc2C1. The van der Waals surface area contributed by atoms with Gasteiger partial charge in [-0.25, -0.2) is 0 Å². The molecule has 0 fully saturated rings. The molecule has 5 nitrogen and oxygen atoms in total. The van der Waals surface area contributed by atoms with Crippen molar-refractivity contribution in [3.05, 3.63) is 78.1 Å². The van der Waals surface area contributed by atoms with Gasteiger partial charge in [0.15, 0.2) is 0 Å². The van der Waals surface area contributed by atoms with E-state index in [2.05, 4.69) is 4.98 Å². The highest BCUT2D eigenvalue weighted by Crippen LogP contribution is 2.35. The van der Waals surface area contributed by atoms with Gasteiger partial charge in [-0.1, -0.05) is 30.3 Å². The normalized spacial score (nSPS) is 17.3. The van der Waals surface area contributed by atoms with Crippen molar-refractivity contribution in [2.45, 2.75) is 24.8 Å². The Bertz CT molecular complexity index is 998. The number of benzene rings is 2. The maximum Gasteiger partial charge on any atom is 0.324 e. The zero-order valence-electron chi connectivity index (χ0n) is 15.6. The van der Waals surface area contributed by atoms with Gasteiger partial charge in [0.2, 0.25) is 0 Å². The van der Waals surface area contributed by atoms with E-state index in [1.165, 1.54) is 0 Å². The minimum Gasteiger partial charge on any atom is -0.480 e. The van der Waals surface area contributed by atoms with Gasteiger partial charge in [0.25, 0.3) is 0 Å². The first-order chi connectivity index (χ1) is 13.0. The lowest BCUT2D eigenvalue weighted by molar-refractivity contribution is -0.143. The van der Waals surface area contributed by atoms with Crippen LogP contribution in [-0.2, 0) is 17.6 Å². The minimum atomic E-state index is -1.21. The highest BCUT2D eigenvalue weighted by atomic mass is 35.5. The Balaban J connectivity index is 0.00000150. The Labute approximate surface area is 181 Å². The van der Waals surface area contributed by atoms with Crippen molar-refractivity contribution in [2.75, 3.05) is 0 Å². The van der Waals surface area contributed by atoms with Crippen LogP contribution in [0.5, 0.6) is 11.5 Å². The van der Waals surface area contributed by atoms with E-state index >= 15 is 0 Å². The molecule has 1 atom stereocenters. The Morgan fingerprint density at radius 3 is 2.59 bits per heavy atom. The lowest BCUT2D eigenvalue weighted by Gasteiger charge is -2.31. The van der Waals surface area contributed by atoms with E-state index in [0.29, 0.717) is 25.0 Å². The molecule has 0 amide bonds. The van der Waals surface area contributed by atoms with Crippen LogP contribution in [0.15, 0.2) is 67.0 Å². The third-order valence-electron chi connectivity index (χ3n) is 5.04. The number of carboxylic acid groups (broad SMARTS) is 1. The minimum absolute atomic E-state index is 0. The molecule has 1 unspecified atom stereocenters. The fraction of sp³-hybridized carbons (Fsp3) is 0.182. The number of nitrogens with zero attached hydrogens (tertiary/aromatic N) is 1. The first kappa shape index (κ1) is 22.7. The maximum absolute atomic E-state index is 11.5. The highest BCUT2D eigenvalue weighted by molar-refractivity contribution is 5.85. The standard InChI is InChI=1S/C22H20N2O3.2ClH/c23-22(21(25)26)10-9-15-7-8-18(12-17(15)13-22)27-20-6-2-1-5-19(20)16-4-3-11-24-14-16;;/h1-8,11-12,14H,9-10,13,23H2,(H,25,26);2*1H. The topological polar surface area (TPSA) is 85.4 Å². The number of nitrogens with two attached hydrogens (primary N) is 1. The van der Waals surface area contributed by atoms with Crippen molar-refractivity contribution >= 4 is 30.8 Å². The summed E-state index contributed by atoms with van der Waals surface area (Å²) in [5.41, 5.74) is 8.84. The molecule has 152 valence electrons. The van der Waals surface area contributed by atoms with E-state index in [1.54, 1.807) is 12.4 Å². The van der Waals surface area contributed by atoms with E-state index < -0.39 is 11.5 Å². The monoisotopic (exact) mass is 432 g/mol. The Kier molecular flexibility index (Phi) is 7.25. The molecule has 2 aromatic carbocycles. The van der Waals surface area contributed by atoms with E-state index in [-0.39, 0.29) is 24.8 Å². The summed E-state index contributed by atoms with van der Waals surface area (Å²) in [5, 5.41) is 9.43. The number of para-hydroxylation sites is 1. The molecule has 0 bridgehead atoms. The first-order valence-electron chi connectivity index (χ1n) is 8.86. The average molecular weight is 433 g/mol. The van der Waals surface area contributed by atoms with Crippen molar-refractivity contribution in [3.8, 4) is 22.6 Å². The van der Waals surface area contributed by atoms with E-state index in [9.17, 15) is 9.90 Å². The van der Waals surface area contributed by atoms with Crippen LogP contribution in [0.3, 0.4) is 0 Å². The van der Waals surface area contributed by atoms with Crippen LogP contribution < -0.4 is 10.5 Å². The van der Waals surface area contributed by atoms with Crippen molar-refractivity contribution in [3.63, 3.8) is 0 Å². The second-order valence-corrected chi connectivity index (χ2v) is 6.91. The maximum atomic E-state index is 11.5. The molecule has 1 aromatic heterocycles. The van der Waals surface area contributed by atoms with Crippen molar-refractivity contribution < 1.29 is 14.6 Å². The van der Waals surface area contributed by atoms with Gasteiger partial charge >= 0.3 is 5.97 Å². The summed E-state index contributed by atoms with van der Waals surface area (Å²) in [6.07, 6.45) is 4.94. The Morgan fingerprint density at radius 1 is 1.07 bits per heavy atom. The molecule has 3 N–H and O–H groups in total. The summed E-state index contributed by atoms with van der Waals surface area (Å²) in [4.78, 5) is 15.7. The fourth-order valence-electron chi connectivity index (χ4n) is 3.49. The predicted molar refractivity (Wildman–Crippen MR) is 117 cm³/mol. The number of rotatable bonds is 4. The summed E-state index contributed by atoms with van der Waals surface area (Å²) < 4.78 is 6.14. The number of hydrogen-bond donors (Lipinski definition) is 2. The summed E-state index contributed by atoms with van der Waals surface area (Å²) in [6.45, 7) is 0. The number of carboxylic acids is 1. The molecule has 0 aliphatic heterocycles. The molecular formula is C22H22Cl2N2O3. The van der Waals surface area contributed by atoms with Crippen LogP contribution in [0, 0.1) is 0 Å². The molecular weight excluding hydrogens is 411 g/mol. The van der Waals surface area contributed by atoms with E-state index in [1.807, 2.05) is 54.6 Å². The number of halogens is 2. The molecule has 0 radical (unpaired) electrons. The number of aromatic nitrogens is 1. The second kappa shape index (κ2) is 9.27. The van der Waals surface area contributed by atoms with Gasteiger partial charge in [0.05, 0.1) is 0 Å². The van der Waals surface area contributed by atoms with Crippen LogP contribution in [0.1, 0.15) is 17.5 Å². The molecule has 4 rings (SSSR count). The second-order valence-electron chi connectivity index (χ2n) is 6.91. The molecule has 1 aliphatic rings. The van der Waals surface area contributed by atoms with Crippen LogP contribution in [0.25, 0.3) is 11.1 Å². The Morgan fingerprint density at radius 2 is 1.86 bits per heavy atom. The van der Waals surface area contributed by atoms with Crippen LogP contribution in [0.2, 0.25) is 0 Å². The van der Waals surface area contributed by atoms with Crippen molar-refractivity contribution in [1.29, 1.82) is 0 Å². The number of carbonyl (C=O) groups is 1. The number of aryl methyl sites for hydroxylation is 1. The smallest absolute Gasteiger partial charge is 0.324 e. The van der Waals surface area contributed by atoms with Crippen LogP contribution >= 0.6 is 24.8 Å². The fourth-order valence-corrected chi connectivity index (χ4v) is 3.49. The van der Waals surface area contributed by atoms with Gasteiger partial charge in [0.1, 0.15) is 17.0 Å². The average Bonchev–Trinajstić information content (AvgIpc) is 2.69. The van der Waals surface area contributed by atoms with Crippen molar-refractivity contribution in [1.82, 2.24) is 4.98 Å². The molecule has 1 aliphatic carbocycles. The molecule has 0 saturated carbocycles. The molecule has 3 aromatic rings. The number of ether oxygens (including phenoxy) is 1. The molecule has 29 heavy (non-hydrogen) atoms. The summed E-state index contributed by atoms with van der Waals surface area (Å²) >= 11 is 0. The van der Waals surface area contributed by atoms with Gasteiger partial charge < -0.3 is 15.6 Å².